The number of nitro benzene ring substituents is 1. The van der Waals surface area contributed by atoms with Gasteiger partial charge in [0.2, 0.25) is 5.78 Å². The number of Topliss-reactive ketones (excluding diaryl/α,β-unsaturated/α-hetero) is 2. The van der Waals surface area contributed by atoms with Crippen LogP contribution in [-0.2, 0) is 4.74 Å². The molecule has 0 bridgehead atoms. The van der Waals surface area contributed by atoms with E-state index in [1.165, 1.54) is 19.9 Å². The van der Waals surface area contributed by atoms with E-state index < -0.39 is 22.8 Å². The molecule has 0 unspecified atom stereocenters. The maximum Gasteiger partial charge on any atom is 0.340 e. The quantitative estimate of drug-likeness (QED) is 0.345. The summed E-state index contributed by atoms with van der Waals surface area (Å²) >= 11 is 5.91. The number of non-ortho nitro benzene ring substituents is 1. The van der Waals surface area contributed by atoms with Gasteiger partial charge in [-0.3, -0.25) is 19.7 Å². The summed E-state index contributed by atoms with van der Waals surface area (Å²) in [6, 6.07) is 3.35. The van der Waals surface area contributed by atoms with Gasteiger partial charge in [-0.05, 0) is 39.3 Å². The SMILES string of the molecule is CC(=O)c1c(C)[nH]c(C(=O)[C@@H](C)OC(=O)c2cc([N+](=O)[O-])ccc2Cl)c1C. The molecule has 0 aliphatic heterocycles. The van der Waals surface area contributed by atoms with E-state index in [0.717, 1.165) is 12.1 Å². The summed E-state index contributed by atoms with van der Waals surface area (Å²) in [5.41, 5.74) is 1.06. The number of aryl methyl sites for hydroxylation is 1. The molecule has 0 aliphatic carbocycles. The summed E-state index contributed by atoms with van der Waals surface area (Å²) in [7, 11) is 0. The van der Waals surface area contributed by atoms with Gasteiger partial charge in [-0.15, -0.1) is 0 Å². The lowest BCUT2D eigenvalue weighted by atomic mass is 10.0. The van der Waals surface area contributed by atoms with Crippen molar-refractivity contribution in [2.45, 2.75) is 33.8 Å². The molecule has 2 rings (SSSR count). The van der Waals surface area contributed by atoms with E-state index in [2.05, 4.69) is 4.98 Å². The van der Waals surface area contributed by atoms with Gasteiger partial charge in [-0.25, -0.2) is 4.79 Å². The first-order valence-electron chi connectivity index (χ1n) is 7.93. The molecule has 0 amide bonds. The van der Waals surface area contributed by atoms with Crippen LogP contribution in [0.1, 0.15) is 56.3 Å². The van der Waals surface area contributed by atoms with E-state index in [-0.39, 0.29) is 27.8 Å². The van der Waals surface area contributed by atoms with Crippen LogP contribution in [0.15, 0.2) is 18.2 Å². The Balaban J connectivity index is 2.26. The molecule has 1 atom stereocenters. The maximum atomic E-state index is 12.6. The van der Waals surface area contributed by atoms with Crippen molar-refractivity contribution in [3.63, 3.8) is 0 Å². The summed E-state index contributed by atoms with van der Waals surface area (Å²) < 4.78 is 5.13. The molecule has 0 aliphatic rings. The average Bonchev–Trinajstić information content (AvgIpc) is 2.88. The van der Waals surface area contributed by atoms with Gasteiger partial charge in [0.1, 0.15) is 0 Å². The second-order valence-corrected chi connectivity index (χ2v) is 6.42. The van der Waals surface area contributed by atoms with Crippen LogP contribution in [0.4, 0.5) is 5.69 Å². The number of nitrogens with one attached hydrogen (secondary N) is 1. The fourth-order valence-corrected chi connectivity index (χ4v) is 2.98. The molecule has 1 aromatic carbocycles. The van der Waals surface area contributed by atoms with E-state index in [1.54, 1.807) is 13.8 Å². The summed E-state index contributed by atoms with van der Waals surface area (Å²) in [5, 5.41) is 10.8. The molecule has 2 aromatic rings. The van der Waals surface area contributed by atoms with Crippen LogP contribution in [0, 0.1) is 24.0 Å². The van der Waals surface area contributed by atoms with Crippen molar-refractivity contribution >= 4 is 34.8 Å². The zero-order chi connectivity index (χ0) is 20.5. The summed E-state index contributed by atoms with van der Waals surface area (Å²) in [4.78, 5) is 49.6. The number of hydrogen-bond acceptors (Lipinski definition) is 6. The minimum absolute atomic E-state index is 0.0315. The topological polar surface area (TPSA) is 119 Å². The Morgan fingerprint density at radius 2 is 1.89 bits per heavy atom. The van der Waals surface area contributed by atoms with Crippen LogP contribution in [0.25, 0.3) is 0 Å². The second kappa shape index (κ2) is 7.71. The Bertz CT molecular complexity index is 963. The Morgan fingerprint density at radius 3 is 2.41 bits per heavy atom. The minimum Gasteiger partial charge on any atom is -0.451 e. The largest absolute Gasteiger partial charge is 0.451 e. The number of rotatable bonds is 6. The number of aromatic amines is 1. The summed E-state index contributed by atoms with van der Waals surface area (Å²) in [5.74, 6) is -1.68. The van der Waals surface area contributed by atoms with Gasteiger partial charge in [0.15, 0.2) is 11.9 Å². The predicted molar refractivity (Wildman–Crippen MR) is 97.6 cm³/mol. The highest BCUT2D eigenvalue weighted by molar-refractivity contribution is 6.33. The van der Waals surface area contributed by atoms with Crippen molar-refractivity contribution < 1.29 is 24.0 Å². The first-order valence-corrected chi connectivity index (χ1v) is 8.31. The zero-order valence-electron chi connectivity index (χ0n) is 15.1. The fraction of sp³-hybridized carbons (Fsp3) is 0.278. The number of nitrogens with zero attached hydrogens (tertiary/aromatic N) is 1. The summed E-state index contributed by atoms with van der Waals surface area (Å²) in [6.45, 7) is 6.05. The Kier molecular flexibility index (Phi) is 5.80. The van der Waals surface area contributed by atoms with Crippen LogP contribution in [0.3, 0.4) is 0 Å². The number of ether oxygens (including phenoxy) is 1. The minimum atomic E-state index is -1.19. The molecule has 0 radical (unpaired) electrons. The van der Waals surface area contributed by atoms with Crippen LogP contribution < -0.4 is 0 Å². The number of ketones is 2. The molecular weight excluding hydrogens is 376 g/mol. The Morgan fingerprint density at radius 1 is 1.26 bits per heavy atom. The Hall–Kier alpha value is -3.00. The number of halogens is 1. The van der Waals surface area contributed by atoms with Crippen LogP contribution in [0.5, 0.6) is 0 Å². The van der Waals surface area contributed by atoms with Crippen molar-refractivity contribution in [2.24, 2.45) is 0 Å². The third kappa shape index (κ3) is 4.06. The van der Waals surface area contributed by atoms with Gasteiger partial charge >= 0.3 is 5.97 Å². The highest BCUT2D eigenvalue weighted by atomic mass is 35.5. The van der Waals surface area contributed by atoms with E-state index in [1.807, 2.05) is 0 Å². The van der Waals surface area contributed by atoms with E-state index in [9.17, 15) is 24.5 Å². The second-order valence-electron chi connectivity index (χ2n) is 6.01. The molecule has 27 heavy (non-hydrogen) atoms. The number of aromatic nitrogens is 1. The van der Waals surface area contributed by atoms with Crippen LogP contribution >= 0.6 is 11.6 Å². The van der Waals surface area contributed by atoms with Gasteiger partial charge < -0.3 is 9.72 Å². The van der Waals surface area contributed by atoms with Crippen LogP contribution in [0.2, 0.25) is 5.02 Å². The first kappa shape index (κ1) is 20.3. The van der Waals surface area contributed by atoms with Crippen molar-refractivity contribution in [3.8, 4) is 0 Å². The molecule has 142 valence electrons. The van der Waals surface area contributed by atoms with Gasteiger partial charge in [-0.1, -0.05) is 11.6 Å². The molecule has 1 aromatic heterocycles. The number of hydrogen-bond donors (Lipinski definition) is 1. The third-order valence-corrected chi connectivity index (χ3v) is 4.40. The molecule has 9 heteroatoms. The van der Waals surface area contributed by atoms with E-state index >= 15 is 0 Å². The van der Waals surface area contributed by atoms with Crippen molar-refractivity contribution in [1.82, 2.24) is 4.98 Å². The monoisotopic (exact) mass is 392 g/mol. The molecule has 0 fully saturated rings. The molecule has 1 heterocycles. The number of H-pyrrole nitrogens is 1. The number of carbonyl (C=O) groups is 3. The fourth-order valence-electron chi connectivity index (χ4n) is 2.79. The van der Waals surface area contributed by atoms with Gasteiger partial charge in [0.25, 0.3) is 5.69 Å². The lowest BCUT2D eigenvalue weighted by Gasteiger charge is -2.13. The number of benzene rings is 1. The molecule has 8 nitrogen and oxygen atoms in total. The third-order valence-electron chi connectivity index (χ3n) is 4.07. The summed E-state index contributed by atoms with van der Waals surface area (Å²) in [6.07, 6.45) is -1.19. The number of esters is 1. The van der Waals surface area contributed by atoms with E-state index in [4.69, 9.17) is 16.3 Å². The number of nitro groups is 1. The van der Waals surface area contributed by atoms with E-state index in [0.29, 0.717) is 16.8 Å². The van der Waals surface area contributed by atoms with Crippen molar-refractivity contribution in [1.29, 1.82) is 0 Å². The van der Waals surface area contributed by atoms with Gasteiger partial charge in [-0.2, -0.15) is 0 Å². The highest BCUT2D eigenvalue weighted by Gasteiger charge is 2.27. The normalized spacial score (nSPS) is 11.7. The number of carbonyl (C=O) groups excluding carboxylic acids is 3. The first-order chi connectivity index (χ1) is 12.5. The van der Waals surface area contributed by atoms with Crippen molar-refractivity contribution in [3.05, 3.63) is 61.4 Å². The standard InChI is InChI=1S/C18H17ClN2O6/c1-8-15(10(3)22)9(2)20-16(8)17(23)11(4)27-18(24)13-7-12(21(25)26)5-6-14(13)19/h5-7,11,20H,1-4H3/t11-/m1/s1. The molecule has 1 N–H and O–H groups in total. The smallest absolute Gasteiger partial charge is 0.340 e. The maximum absolute atomic E-state index is 12.6. The van der Waals surface area contributed by atoms with Gasteiger partial charge in [0.05, 0.1) is 21.2 Å². The highest BCUT2D eigenvalue weighted by Crippen LogP contribution is 2.24. The van der Waals surface area contributed by atoms with Crippen LogP contribution in [-0.4, -0.2) is 33.5 Å². The zero-order valence-corrected chi connectivity index (χ0v) is 15.8. The predicted octanol–water partition coefficient (Wildman–Crippen LogP) is 3.82. The average molecular weight is 393 g/mol. The van der Waals surface area contributed by atoms with Gasteiger partial charge in [0, 0.05) is 23.4 Å². The molecular formula is C18H17ClN2O6. The molecule has 0 saturated carbocycles. The van der Waals surface area contributed by atoms with Crippen molar-refractivity contribution in [2.75, 3.05) is 0 Å². The Labute approximate surface area is 159 Å². The lowest BCUT2D eigenvalue weighted by molar-refractivity contribution is -0.384. The molecule has 0 spiro atoms. The molecule has 0 saturated heterocycles. The lowest BCUT2D eigenvalue weighted by Crippen LogP contribution is -2.25.